The van der Waals surface area contributed by atoms with E-state index < -0.39 is 0 Å². The van der Waals surface area contributed by atoms with E-state index in [1.807, 2.05) is 6.92 Å². The van der Waals surface area contributed by atoms with Crippen LogP contribution in [0.2, 0.25) is 0 Å². The first-order valence-electron chi connectivity index (χ1n) is 8.02. The van der Waals surface area contributed by atoms with E-state index in [4.69, 9.17) is 4.74 Å². The largest absolute Gasteiger partial charge is 0.370 e. The molecule has 5 nitrogen and oxygen atoms in total. The molecule has 1 aromatic rings. The van der Waals surface area contributed by atoms with Crippen molar-refractivity contribution in [3.8, 4) is 0 Å². The van der Waals surface area contributed by atoms with Gasteiger partial charge in [-0.25, -0.2) is 4.39 Å². The molecule has 2 unspecified atom stereocenters. The van der Waals surface area contributed by atoms with Gasteiger partial charge in [-0.2, -0.15) is 0 Å². The van der Waals surface area contributed by atoms with Gasteiger partial charge in [-0.05, 0) is 24.6 Å². The zero-order chi connectivity index (χ0) is 16.4. The number of carbonyl (C=O) groups is 2. The Balaban J connectivity index is 1.67. The standard InChI is InChI=1S/C17H21FN2O3/c1-2-19-10-13(9-16(19)21)17(22)20-6-7-23-15(11-20)12-4-3-5-14(18)8-12/h3-5,8,13,15H,2,6-7,9-11H2,1H3. The summed E-state index contributed by atoms with van der Waals surface area (Å²) in [7, 11) is 0. The van der Waals surface area contributed by atoms with E-state index >= 15 is 0 Å². The number of benzene rings is 1. The van der Waals surface area contributed by atoms with Crippen molar-refractivity contribution in [3.63, 3.8) is 0 Å². The first-order chi connectivity index (χ1) is 11.1. The smallest absolute Gasteiger partial charge is 0.228 e. The summed E-state index contributed by atoms with van der Waals surface area (Å²) in [6.07, 6.45) is -0.0305. The summed E-state index contributed by atoms with van der Waals surface area (Å²) in [6, 6.07) is 6.28. The summed E-state index contributed by atoms with van der Waals surface area (Å²) in [5, 5.41) is 0. The van der Waals surface area contributed by atoms with E-state index in [-0.39, 0.29) is 36.1 Å². The molecule has 0 bridgehead atoms. The average Bonchev–Trinajstić information content (AvgIpc) is 2.95. The predicted molar refractivity (Wildman–Crippen MR) is 82.0 cm³/mol. The van der Waals surface area contributed by atoms with Crippen LogP contribution < -0.4 is 0 Å². The van der Waals surface area contributed by atoms with Crippen LogP contribution >= 0.6 is 0 Å². The highest BCUT2D eigenvalue weighted by molar-refractivity contribution is 5.89. The lowest BCUT2D eigenvalue weighted by Crippen LogP contribution is -2.45. The molecule has 2 heterocycles. The molecule has 6 heteroatoms. The number of likely N-dealkylation sites (tertiary alicyclic amines) is 1. The fourth-order valence-corrected chi connectivity index (χ4v) is 3.26. The van der Waals surface area contributed by atoms with Crippen molar-refractivity contribution in [1.82, 2.24) is 9.80 Å². The maximum absolute atomic E-state index is 13.4. The fourth-order valence-electron chi connectivity index (χ4n) is 3.26. The van der Waals surface area contributed by atoms with Crippen molar-refractivity contribution in [2.75, 3.05) is 32.8 Å². The molecule has 1 aromatic carbocycles. The van der Waals surface area contributed by atoms with Gasteiger partial charge in [0.1, 0.15) is 11.9 Å². The molecule has 2 atom stereocenters. The minimum atomic E-state index is -0.317. The molecule has 23 heavy (non-hydrogen) atoms. The predicted octanol–water partition coefficient (Wildman–Crippen LogP) is 1.59. The average molecular weight is 320 g/mol. The third-order valence-electron chi connectivity index (χ3n) is 4.54. The minimum absolute atomic E-state index is 0.000923. The lowest BCUT2D eigenvalue weighted by molar-refractivity contribution is -0.143. The lowest BCUT2D eigenvalue weighted by atomic mass is 10.0. The highest BCUT2D eigenvalue weighted by atomic mass is 19.1. The summed E-state index contributed by atoms with van der Waals surface area (Å²) in [6.45, 7) is 4.39. The second-order valence-electron chi connectivity index (χ2n) is 6.03. The molecular formula is C17H21FN2O3. The molecule has 2 saturated heterocycles. The number of halogens is 1. The van der Waals surface area contributed by atoms with Gasteiger partial charge in [0, 0.05) is 26.1 Å². The zero-order valence-electron chi connectivity index (χ0n) is 13.2. The van der Waals surface area contributed by atoms with Gasteiger partial charge in [0.2, 0.25) is 11.8 Å². The first-order valence-corrected chi connectivity index (χ1v) is 8.02. The quantitative estimate of drug-likeness (QED) is 0.850. The van der Waals surface area contributed by atoms with Crippen molar-refractivity contribution in [1.29, 1.82) is 0 Å². The molecule has 2 fully saturated rings. The number of rotatable bonds is 3. The molecule has 0 N–H and O–H groups in total. The molecule has 0 saturated carbocycles. The van der Waals surface area contributed by atoms with Crippen LogP contribution in [0.15, 0.2) is 24.3 Å². The minimum Gasteiger partial charge on any atom is -0.370 e. The summed E-state index contributed by atoms with van der Waals surface area (Å²) < 4.78 is 19.1. The summed E-state index contributed by atoms with van der Waals surface area (Å²) >= 11 is 0. The van der Waals surface area contributed by atoms with Gasteiger partial charge in [-0.15, -0.1) is 0 Å². The molecule has 0 spiro atoms. The lowest BCUT2D eigenvalue weighted by Gasteiger charge is -2.34. The highest BCUT2D eigenvalue weighted by Gasteiger charge is 2.37. The Hall–Kier alpha value is -1.95. The molecule has 2 aliphatic heterocycles. The van der Waals surface area contributed by atoms with E-state index in [2.05, 4.69) is 0 Å². The number of hydrogen-bond acceptors (Lipinski definition) is 3. The van der Waals surface area contributed by atoms with Crippen LogP contribution in [-0.4, -0.2) is 54.4 Å². The van der Waals surface area contributed by atoms with E-state index in [1.165, 1.54) is 12.1 Å². The van der Waals surface area contributed by atoms with Gasteiger partial charge in [-0.3, -0.25) is 9.59 Å². The monoisotopic (exact) mass is 320 g/mol. The topological polar surface area (TPSA) is 49.9 Å². The van der Waals surface area contributed by atoms with Crippen LogP contribution in [-0.2, 0) is 14.3 Å². The van der Waals surface area contributed by atoms with E-state index in [9.17, 15) is 14.0 Å². The van der Waals surface area contributed by atoms with Crippen LogP contribution in [0.25, 0.3) is 0 Å². The van der Waals surface area contributed by atoms with Crippen LogP contribution in [0.3, 0.4) is 0 Å². The van der Waals surface area contributed by atoms with Crippen LogP contribution in [0.1, 0.15) is 25.0 Å². The Bertz CT molecular complexity index is 607. The van der Waals surface area contributed by atoms with Crippen molar-refractivity contribution in [3.05, 3.63) is 35.6 Å². The molecule has 0 aromatic heterocycles. The molecule has 0 aliphatic carbocycles. The molecule has 2 amide bonds. The maximum atomic E-state index is 13.4. The Morgan fingerprint density at radius 3 is 2.91 bits per heavy atom. The number of hydrogen-bond donors (Lipinski definition) is 0. The Morgan fingerprint density at radius 2 is 2.22 bits per heavy atom. The van der Waals surface area contributed by atoms with Gasteiger partial charge >= 0.3 is 0 Å². The Labute approximate surface area is 135 Å². The second kappa shape index (κ2) is 6.66. The van der Waals surface area contributed by atoms with Crippen LogP contribution in [0.4, 0.5) is 4.39 Å². The summed E-state index contributed by atoms with van der Waals surface area (Å²) in [5.41, 5.74) is 0.736. The van der Waals surface area contributed by atoms with Crippen molar-refractivity contribution >= 4 is 11.8 Å². The number of nitrogens with zero attached hydrogens (tertiary/aromatic N) is 2. The second-order valence-corrected chi connectivity index (χ2v) is 6.03. The van der Waals surface area contributed by atoms with Crippen molar-refractivity contribution in [2.24, 2.45) is 5.92 Å². The third kappa shape index (κ3) is 3.37. The summed E-state index contributed by atoms with van der Waals surface area (Å²) in [4.78, 5) is 27.9. The first kappa shape index (κ1) is 15.9. The van der Waals surface area contributed by atoms with Gasteiger partial charge in [0.15, 0.2) is 0 Å². The number of ether oxygens (including phenoxy) is 1. The molecular weight excluding hydrogens is 299 g/mol. The Kier molecular flexibility index (Phi) is 4.61. The fraction of sp³-hybridized carbons (Fsp3) is 0.529. The molecule has 2 aliphatic rings. The summed E-state index contributed by atoms with van der Waals surface area (Å²) in [5.74, 6) is -0.539. The van der Waals surface area contributed by atoms with Crippen molar-refractivity contribution in [2.45, 2.75) is 19.4 Å². The Morgan fingerprint density at radius 1 is 1.39 bits per heavy atom. The van der Waals surface area contributed by atoms with E-state index in [1.54, 1.807) is 21.9 Å². The molecule has 0 radical (unpaired) electrons. The third-order valence-corrected chi connectivity index (χ3v) is 4.54. The number of morpholine rings is 1. The van der Waals surface area contributed by atoms with Gasteiger partial charge in [0.05, 0.1) is 19.1 Å². The van der Waals surface area contributed by atoms with Crippen molar-refractivity contribution < 1.29 is 18.7 Å². The van der Waals surface area contributed by atoms with Gasteiger partial charge in [0.25, 0.3) is 0 Å². The number of carbonyl (C=O) groups excluding carboxylic acids is 2. The van der Waals surface area contributed by atoms with Gasteiger partial charge in [-0.1, -0.05) is 12.1 Å². The number of amides is 2. The SMILES string of the molecule is CCN1CC(C(=O)N2CCOC(c3cccc(F)c3)C2)CC1=O. The zero-order valence-corrected chi connectivity index (χ0v) is 13.2. The normalized spacial score (nSPS) is 25.0. The van der Waals surface area contributed by atoms with Gasteiger partial charge < -0.3 is 14.5 Å². The molecule has 124 valence electrons. The highest BCUT2D eigenvalue weighted by Crippen LogP contribution is 2.26. The maximum Gasteiger partial charge on any atom is 0.228 e. The van der Waals surface area contributed by atoms with E-state index in [0.717, 1.165) is 5.56 Å². The van der Waals surface area contributed by atoms with E-state index in [0.29, 0.717) is 32.8 Å². The van der Waals surface area contributed by atoms with Crippen LogP contribution in [0, 0.1) is 11.7 Å². The van der Waals surface area contributed by atoms with Crippen LogP contribution in [0.5, 0.6) is 0 Å². The molecule has 3 rings (SSSR count).